The molecule has 0 bridgehead atoms. The van der Waals surface area contributed by atoms with Crippen LogP contribution in [-0.4, -0.2) is 17.1 Å². The number of hydrogen-bond donors (Lipinski definition) is 1. The molecule has 2 aromatic rings. The molecule has 0 radical (unpaired) electrons. The number of hydrogen-bond acceptors (Lipinski definition) is 3. The first kappa shape index (κ1) is 9.86. The normalized spacial score (nSPS) is 9.93. The topological polar surface area (TPSA) is 37.9 Å². The van der Waals surface area contributed by atoms with Crippen molar-refractivity contribution in [3.05, 3.63) is 41.2 Å². The molecule has 0 unspecified atom stereocenters. The molecule has 4 heteroatoms. The van der Waals surface area contributed by atoms with Crippen molar-refractivity contribution in [2.24, 2.45) is 0 Å². The van der Waals surface area contributed by atoms with E-state index in [-0.39, 0.29) is 0 Å². The summed E-state index contributed by atoms with van der Waals surface area (Å²) >= 11 is 5.04. The number of rotatable bonds is 2. The minimum Gasteiger partial charge on any atom is -0.496 e. The van der Waals surface area contributed by atoms with Gasteiger partial charge in [0.05, 0.1) is 12.7 Å². The molecule has 0 aliphatic heterocycles. The summed E-state index contributed by atoms with van der Waals surface area (Å²) in [6.45, 7) is 0. The number of nitrogens with one attached hydrogen (secondary N) is 1. The van der Waals surface area contributed by atoms with Gasteiger partial charge in [0.2, 0.25) is 0 Å². The first-order chi connectivity index (χ1) is 7.31. The van der Waals surface area contributed by atoms with Gasteiger partial charge in [-0.05, 0) is 18.2 Å². The van der Waals surface area contributed by atoms with E-state index in [2.05, 4.69) is 9.97 Å². The fourth-order valence-electron chi connectivity index (χ4n) is 1.35. The monoisotopic (exact) mass is 218 g/mol. The van der Waals surface area contributed by atoms with Gasteiger partial charge in [0.25, 0.3) is 0 Å². The van der Waals surface area contributed by atoms with Crippen LogP contribution in [0.25, 0.3) is 11.4 Å². The van der Waals surface area contributed by atoms with Crippen LogP contribution in [0.1, 0.15) is 0 Å². The molecule has 1 aromatic heterocycles. The summed E-state index contributed by atoms with van der Waals surface area (Å²) in [4.78, 5) is 7.24. The molecule has 1 aromatic carbocycles. The van der Waals surface area contributed by atoms with Crippen LogP contribution in [0.4, 0.5) is 0 Å². The number of aromatic nitrogens is 2. The van der Waals surface area contributed by atoms with Gasteiger partial charge in [-0.1, -0.05) is 24.4 Å². The van der Waals surface area contributed by atoms with Crippen molar-refractivity contribution >= 4 is 12.2 Å². The summed E-state index contributed by atoms with van der Waals surface area (Å²) < 4.78 is 5.90. The SMILES string of the molecule is COc1ccccc1-c1nccc(=S)[nH]1. The van der Waals surface area contributed by atoms with Gasteiger partial charge in [0.15, 0.2) is 0 Å². The molecule has 0 aliphatic rings. The van der Waals surface area contributed by atoms with Crippen LogP contribution in [0, 0.1) is 4.64 Å². The molecule has 0 aliphatic carbocycles. The third kappa shape index (κ3) is 2.05. The Morgan fingerprint density at radius 2 is 2.07 bits per heavy atom. The van der Waals surface area contributed by atoms with Crippen molar-refractivity contribution in [2.45, 2.75) is 0 Å². The molecule has 0 amide bonds. The minimum absolute atomic E-state index is 0.658. The zero-order valence-corrected chi connectivity index (χ0v) is 9.04. The van der Waals surface area contributed by atoms with Crippen LogP contribution in [-0.2, 0) is 0 Å². The molecular formula is C11H10N2OS. The highest BCUT2D eigenvalue weighted by Crippen LogP contribution is 2.25. The highest BCUT2D eigenvalue weighted by molar-refractivity contribution is 7.71. The summed E-state index contributed by atoms with van der Waals surface area (Å²) in [7, 11) is 1.64. The molecule has 0 saturated heterocycles. The maximum Gasteiger partial charge on any atom is 0.141 e. The van der Waals surface area contributed by atoms with Crippen LogP contribution >= 0.6 is 12.2 Å². The first-order valence-corrected chi connectivity index (χ1v) is 4.91. The van der Waals surface area contributed by atoms with Gasteiger partial charge in [0.1, 0.15) is 16.2 Å². The fraction of sp³-hybridized carbons (Fsp3) is 0.0909. The molecule has 15 heavy (non-hydrogen) atoms. The lowest BCUT2D eigenvalue weighted by atomic mass is 10.2. The number of aromatic amines is 1. The standard InChI is InChI=1S/C11H10N2OS/c1-14-9-5-3-2-4-8(9)11-12-7-6-10(15)13-11/h2-7H,1H3,(H,12,13,15). The molecule has 0 atom stereocenters. The molecule has 0 spiro atoms. The Bertz CT molecular complexity index is 522. The van der Waals surface area contributed by atoms with Gasteiger partial charge < -0.3 is 9.72 Å². The lowest BCUT2D eigenvalue weighted by Gasteiger charge is -2.06. The van der Waals surface area contributed by atoms with Crippen molar-refractivity contribution in [3.8, 4) is 17.1 Å². The van der Waals surface area contributed by atoms with Crippen LogP contribution in [0.3, 0.4) is 0 Å². The van der Waals surface area contributed by atoms with Crippen LogP contribution in [0.5, 0.6) is 5.75 Å². The van der Waals surface area contributed by atoms with Gasteiger partial charge in [-0.3, -0.25) is 0 Å². The predicted molar refractivity (Wildman–Crippen MR) is 61.4 cm³/mol. The second-order valence-electron chi connectivity index (χ2n) is 2.98. The van der Waals surface area contributed by atoms with E-state index < -0.39 is 0 Å². The summed E-state index contributed by atoms with van der Waals surface area (Å²) in [6, 6.07) is 9.42. The van der Waals surface area contributed by atoms with Gasteiger partial charge in [-0.15, -0.1) is 0 Å². The number of methoxy groups -OCH3 is 1. The van der Waals surface area contributed by atoms with E-state index in [0.717, 1.165) is 17.1 Å². The maximum atomic E-state index is 5.25. The smallest absolute Gasteiger partial charge is 0.141 e. The zero-order chi connectivity index (χ0) is 10.7. The molecular weight excluding hydrogens is 208 g/mol. The summed E-state index contributed by atoms with van der Waals surface area (Å²) in [5.41, 5.74) is 0.909. The number of H-pyrrole nitrogens is 1. The maximum absolute atomic E-state index is 5.25. The van der Waals surface area contributed by atoms with Crippen molar-refractivity contribution < 1.29 is 4.74 Å². The largest absolute Gasteiger partial charge is 0.496 e. The Morgan fingerprint density at radius 1 is 1.27 bits per heavy atom. The van der Waals surface area contributed by atoms with Crippen molar-refractivity contribution in [3.63, 3.8) is 0 Å². The van der Waals surface area contributed by atoms with Crippen molar-refractivity contribution in [1.29, 1.82) is 0 Å². The van der Waals surface area contributed by atoms with Crippen LogP contribution in [0.2, 0.25) is 0 Å². The molecule has 76 valence electrons. The van der Waals surface area contributed by atoms with Crippen molar-refractivity contribution in [1.82, 2.24) is 9.97 Å². The van der Waals surface area contributed by atoms with Gasteiger partial charge in [-0.2, -0.15) is 0 Å². The van der Waals surface area contributed by atoms with E-state index in [0.29, 0.717) is 4.64 Å². The molecule has 0 fully saturated rings. The average Bonchev–Trinajstić information content (AvgIpc) is 2.29. The Balaban J connectivity index is 2.58. The van der Waals surface area contributed by atoms with Gasteiger partial charge >= 0.3 is 0 Å². The Kier molecular flexibility index (Phi) is 2.78. The number of para-hydroxylation sites is 1. The molecule has 0 saturated carbocycles. The van der Waals surface area contributed by atoms with E-state index in [1.54, 1.807) is 19.4 Å². The second kappa shape index (κ2) is 4.23. The van der Waals surface area contributed by atoms with Crippen LogP contribution < -0.4 is 4.74 Å². The van der Waals surface area contributed by atoms with E-state index in [1.807, 2.05) is 24.3 Å². The summed E-state index contributed by atoms with van der Waals surface area (Å²) in [6.07, 6.45) is 1.68. The van der Waals surface area contributed by atoms with E-state index in [1.165, 1.54) is 0 Å². The highest BCUT2D eigenvalue weighted by atomic mass is 32.1. The average molecular weight is 218 g/mol. The minimum atomic E-state index is 0.658. The highest BCUT2D eigenvalue weighted by Gasteiger charge is 2.05. The number of nitrogens with zero attached hydrogens (tertiary/aromatic N) is 1. The zero-order valence-electron chi connectivity index (χ0n) is 8.23. The lowest BCUT2D eigenvalue weighted by Crippen LogP contribution is -1.92. The quantitative estimate of drug-likeness (QED) is 0.788. The molecule has 1 heterocycles. The Morgan fingerprint density at radius 3 is 2.80 bits per heavy atom. The third-order valence-corrected chi connectivity index (χ3v) is 2.27. The lowest BCUT2D eigenvalue weighted by molar-refractivity contribution is 0.416. The first-order valence-electron chi connectivity index (χ1n) is 4.50. The molecule has 1 N–H and O–H groups in total. The van der Waals surface area contributed by atoms with E-state index in [4.69, 9.17) is 17.0 Å². The molecule has 2 rings (SSSR count). The van der Waals surface area contributed by atoms with Crippen molar-refractivity contribution in [2.75, 3.05) is 7.11 Å². The van der Waals surface area contributed by atoms with E-state index >= 15 is 0 Å². The second-order valence-corrected chi connectivity index (χ2v) is 3.42. The summed E-state index contributed by atoms with van der Waals surface area (Å²) in [5.74, 6) is 1.50. The van der Waals surface area contributed by atoms with E-state index in [9.17, 15) is 0 Å². The Labute approximate surface area is 92.8 Å². The Hall–Kier alpha value is -1.68. The predicted octanol–water partition coefficient (Wildman–Crippen LogP) is 2.81. The third-order valence-electron chi connectivity index (χ3n) is 2.03. The number of ether oxygens (including phenoxy) is 1. The van der Waals surface area contributed by atoms with Gasteiger partial charge in [0, 0.05) is 6.20 Å². The van der Waals surface area contributed by atoms with Gasteiger partial charge in [-0.25, -0.2) is 4.98 Å². The fourth-order valence-corrected chi connectivity index (χ4v) is 1.50. The number of benzene rings is 1. The van der Waals surface area contributed by atoms with Crippen LogP contribution in [0.15, 0.2) is 36.5 Å². The molecule has 3 nitrogen and oxygen atoms in total. The summed E-state index contributed by atoms with van der Waals surface area (Å²) in [5, 5.41) is 0.